The van der Waals surface area contributed by atoms with Crippen LogP contribution in [0, 0.1) is 0 Å². The summed E-state index contributed by atoms with van der Waals surface area (Å²) >= 11 is 5.95. The fourth-order valence-electron chi connectivity index (χ4n) is 3.62. The van der Waals surface area contributed by atoms with Crippen molar-refractivity contribution in [2.24, 2.45) is 0 Å². The van der Waals surface area contributed by atoms with Crippen LogP contribution >= 0.6 is 11.6 Å². The molecule has 3 aromatic rings. The molecular weight excluding hydrogens is 498 g/mol. The highest BCUT2D eigenvalue weighted by Gasteiger charge is 2.32. The molecule has 3 rings (SSSR count). The molecule has 0 aromatic heterocycles. The van der Waals surface area contributed by atoms with Crippen LogP contribution in [0.3, 0.4) is 0 Å². The number of benzene rings is 3. The molecule has 0 heterocycles. The molecule has 0 fully saturated rings. The topological polar surface area (TPSA) is 86.8 Å². The van der Waals surface area contributed by atoms with Gasteiger partial charge in [-0.3, -0.25) is 13.9 Å². The maximum absolute atomic E-state index is 13.7. The van der Waals surface area contributed by atoms with E-state index in [0.29, 0.717) is 17.3 Å². The first-order valence-corrected chi connectivity index (χ1v) is 13.5. The summed E-state index contributed by atoms with van der Waals surface area (Å²) in [6.07, 6.45) is 0.756. The summed E-state index contributed by atoms with van der Waals surface area (Å²) in [5, 5.41) is 3.22. The van der Waals surface area contributed by atoms with Crippen molar-refractivity contribution in [3.63, 3.8) is 0 Å². The van der Waals surface area contributed by atoms with E-state index in [1.54, 1.807) is 37.3 Å². The Hall–Kier alpha value is -3.36. The molecular formula is C27H30ClN3O4S. The molecule has 0 bridgehead atoms. The largest absolute Gasteiger partial charge is 0.354 e. The van der Waals surface area contributed by atoms with Gasteiger partial charge in [-0.1, -0.05) is 67.1 Å². The summed E-state index contributed by atoms with van der Waals surface area (Å²) < 4.78 is 28.3. The molecule has 0 saturated carbocycles. The SMILES string of the molecule is CCCNC(=O)C(C)N(Cc1ccccc1)C(=O)CN(c1ccccc1)S(=O)(=O)c1ccc(Cl)cc1. The maximum atomic E-state index is 13.7. The second kappa shape index (κ2) is 12.6. The minimum atomic E-state index is -4.11. The Morgan fingerprint density at radius 2 is 1.50 bits per heavy atom. The average molecular weight is 528 g/mol. The van der Waals surface area contributed by atoms with Crippen LogP contribution in [0.2, 0.25) is 5.02 Å². The third-order valence-electron chi connectivity index (χ3n) is 5.64. The molecule has 1 atom stereocenters. The number of carbonyl (C=O) groups is 2. The molecule has 1 unspecified atom stereocenters. The van der Waals surface area contributed by atoms with Gasteiger partial charge in [-0.2, -0.15) is 0 Å². The zero-order chi connectivity index (χ0) is 26.1. The third-order valence-corrected chi connectivity index (χ3v) is 7.68. The number of nitrogens with one attached hydrogen (secondary N) is 1. The van der Waals surface area contributed by atoms with Crippen LogP contribution in [0.25, 0.3) is 0 Å². The predicted octanol–water partition coefficient (Wildman–Crippen LogP) is 4.48. The van der Waals surface area contributed by atoms with E-state index in [9.17, 15) is 18.0 Å². The Bertz CT molecular complexity index is 1250. The number of rotatable bonds is 11. The van der Waals surface area contributed by atoms with Crippen molar-refractivity contribution in [2.75, 3.05) is 17.4 Å². The van der Waals surface area contributed by atoms with Crippen molar-refractivity contribution < 1.29 is 18.0 Å². The van der Waals surface area contributed by atoms with Gasteiger partial charge in [-0.25, -0.2) is 8.42 Å². The monoisotopic (exact) mass is 527 g/mol. The van der Waals surface area contributed by atoms with Crippen molar-refractivity contribution in [2.45, 2.75) is 37.8 Å². The van der Waals surface area contributed by atoms with Gasteiger partial charge in [0.15, 0.2) is 0 Å². The minimum Gasteiger partial charge on any atom is -0.354 e. The van der Waals surface area contributed by atoms with E-state index in [1.807, 2.05) is 37.3 Å². The molecule has 7 nitrogen and oxygen atoms in total. The van der Waals surface area contributed by atoms with Crippen molar-refractivity contribution >= 4 is 39.1 Å². The lowest BCUT2D eigenvalue weighted by atomic mass is 10.1. The van der Waals surface area contributed by atoms with Crippen LogP contribution < -0.4 is 9.62 Å². The quantitative estimate of drug-likeness (QED) is 0.398. The van der Waals surface area contributed by atoms with Crippen molar-refractivity contribution in [1.29, 1.82) is 0 Å². The Kier molecular flexibility index (Phi) is 9.50. The van der Waals surface area contributed by atoms with Crippen molar-refractivity contribution in [3.8, 4) is 0 Å². The van der Waals surface area contributed by atoms with Gasteiger partial charge in [0, 0.05) is 18.1 Å². The normalized spacial score (nSPS) is 12.0. The summed E-state index contributed by atoms with van der Waals surface area (Å²) in [7, 11) is -4.11. The predicted molar refractivity (Wildman–Crippen MR) is 142 cm³/mol. The zero-order valence-corrected chi connectivity index (χ0v) is 21.9. The van der Waals surface area contributed by atoms with E-state index < -0.39 is 28.5 Å². The summed E-state index contributed by atoms with van der Waals surface area (Å²) in [5.41, 5.74) is 1.16. The van der Waals surface area contributed by atoms with Crippen LogP contribution in [0.15, 0.2) is 89.8 Å². The number of halogens is 1. The fraction of sp³-hybridized carbons (Fsp3) is 0.259. The minimum absolute atomic E-state index is 0.00639. The zero-order valence-electron chi connectivity index (χ0n) is 20.3. The summed E-state index contributed by atoms with van der Waals surface area (Å²) in [6.45, 7) is 3.75. The van der Waals surface area contributed by atoms with Crippen molar-refractivity contribution in [3.05, 3.63) is 95.5 Å². The van der Waals surface area contributed by atoms with Gasteiger partial charge in [0.25, 0.3) is 10.0 Å². The number of anilines is 1. The molecule has 0 aliphatic carbocycles. The standard InChI is InChI=1S/C27H30ClN3O4S/c1-3-18-29-27(33)21(2)30(19-22-10-6-4-7-11-22)26(32)20-31(24-12-8-5-9-13-24)36(34,35)25-16-14-23(28)15-17-25/h4-17,21H,3,18-20H2,1-2H3,(H,29,33). The molecule has 0 radical (unpaired) electrons. The molecule has 2 amide bonds. The smallest absolute Gasteiger partial charge is 0.264 e. The second-order valence-corrected chi connectivity index (χ2v) is 10.6. The lowest BCUT2D eigenvalue weighted by Crippen LogP contribution is -2.51. The van der Waals surface area contributed by atoms with Gasteiger partial charge in [0.05, 0.1) is 10.6 Å². The lowest BCUT2D eigenvalue weighted by molar-refractivity contribution is -0.139. The lowest BCUT2D eigenvalue weighted by Gasteiger charge is -2.32. The van der Waals surface area contributed by atoms with E-state index in [4.69, 9.17) is 11.6 Å². The summed E-state index contributed by atoms with van der Waals surface area (Å²) in [4.78, 5) is 27.9. The molecule has 0 aliphatic heterocycles. The molecule has 1 N–H and O–H groups in total. The second-order valence-electron chi connectivity index (χ2n) is 8.28. The van der Waals surface area contributed by atoms with E-state index in [-0.39, 0.29) is 17.3 Å². The van der Waals surface area contributed by atoms with Gasteiger partial charge in [-0.15, -0.1) is 0 Å². The Morgan fingerprint density at radius 1 is 0.917 bits per heavy atom. The molecule has 0 aliphatic rings. The third kappa shape index (κ3) is 6.86. The van der Waals surface area contributed by atoms with Gasteiger partial charge in [0.2, 0.25) is 11.8 Å². The van der Waals surface area contributed by atoms with Crippen LogP contribution in [0.1, 0.15) is 25.8 Å². The summed E-state index contributed by atoms with van der Waals surface area (Å²) in [5.74, 6) is -0.799. The highest BCUT2D eigenvalue weighted by atomic mass is 35.5. The number of hydrogen-bond acceptors (Lipinski definition) is 4. The van der Waals surface area contributed by atoms with Crippen LogP contribution in [-0.2, 0) is 26.2 Å². The van der Waals surface area contributed by atoms with Crippen LogP contribution in [-0.4, -0.2) is 44.3 Å². The van der Waals surface area contributed by atoms with Crippen molar-refractivity contribution in [1.82, 2.24) is 10.2 Å². The van der Waals surface area contributed by atoms with E-state index in [0.717, 1.165) is 16.3 Å². The molecule has 3 aromatic carbocycles. The van der Waals surface area contributed by atoms with Gasteiger partial charge in [0.1, 0.15) is 12.6 Å². The number of nitrogens with zero attached hydrogens (tertiary/aromatic N) is 2. The first-order chi connectivity index (χ1) is 17.2. The number of carbonyl (C=O) groups excluding carboxylic acids is 2. The number of para-hydroxylation sites is 1. The first-order valence-electron chi connectivity index (χ1n) is 11.7. The molecule has 190 valence electrons. The van der Waals surface area contributed by atoms with Crippen LogP contribution in [0.5, 0.6) is 0 Å². The number of sulfonamides is 1. The molecule has 0 saturated heterocycles. The summed E-state index contributed by atoms with van der Waals surface area (Å²) in [6, 6.07) is 22.7. The highest BCUT2D eigenvalue weighted by molar-refractivity contribution is 7.92. The van der Waals surface area contributed by atoms with E-state index in [2.05, 4.69) is 5.32 Å². The Morgan fingerprint density at radius 3 is 2.08 bits per heavy atom. The average Bonchev–Trinajstić information content (AvgIpc) is 2.89. The molecule has 36 heavy (non-hydrogen) atoms. The molecule has 0 spiro atoms. The van der Waals surface area contributed by atoms with Crippen LogP contribution in [0.4, 0.5) is 5.69 Å². The fourth-order valence-corrected chi connectivity index (χ4v) is 5.16. The first kappa shape index (κ1) is 27.2. The Balaban J connectivity index is 1.97. The van der Waals surface area contributed by atoms with E-state index in [1.165, 1.54) is 29.2 Å². The number of hydrogen-bond donors (Lipinski definition) is 1. The van der Waals surface area contributed by atoms with E-state index >= 15 is 0 Å². The Labute approximate surface area is 217 Å². The molecule has 9 heteroatoms. The number of amides is 2. The highest BCUT2D eigenvalue weighted by Crippen LogP contribution is 2.25. The van der Waals surface area contributed by atoms with Gasteiger partial charge < -0.3 is 10.2 Å². The van der Waals surface area contributed by atoms with Gasteiger partial charge in [-0.05, 0) is 55.3 Å². The van der Waals surface area contributed by atoms with Gasteiger partial charge >= 0.3 is 0 Å². The maximum Gasteiger partial charge on any atom is 0.264 e.